The van der Waals surface area contributed by atoms with Crippen molar-refractivity contribution in [1.29, 1.82) is 0 Å². The third-order valence-corrected chi connectivity index (χ3v) is 8.11. The van der Waals surface area contributed by atoms with Crippen LogP contribution in [0.2, 0.25) is 0 Å². The van der Waals surface area contributed by atoms with Crippen LogP contribution >= 0.6 is 7.82 Å². The number of halogens is 1. The van der Waals surface area contributed by atoms with Gasteiger partial charge in [-0.25, -0.2) is 32.9 Å². The van der Waals surface area contributed by atoms with Crippen LogP contribution in [-0.2, 0) is 64.4 Å². The molecule has 2 unspecified atom stereocenters. The molecule has 258 valence electrons. The monoisotopic (exact) mass is 691 g/mol. The highest BCUT2D eigenvalue weighted by atomic mass is 31.2. The highest BCUT2D eigenvalue weighted by molar-refractivity contribution is 7.47. The van der Waals surface area contributed by atoms with E-state index in [2.05, 4.69) is 14.7 Å². The standard InChI is InChI=1S/C30H35FN5O11P/c1-20(37)35(29(38)44-21(2)46-48(40,41)47-43-12-11-42-19-22-7-5-4-6-8-22)16-25-17-36(30(39)45-25)24-9-10-28(26(31)13-24)34-15-23-14-33(3)32-27(23)18-34/h4-10,13-14,21,25H,11-12,15-19H2,1-3H3,(H,40,41)/t21?,25-/m0/s1. The van der Waals surface area contributed by atoms with Crippen LogP contribution in [0.25, 0.3) is 0 Å². The number of benzene rings is 2. The first kappa shape index (κ1) is 34.9. The van der Waals surface area contributed by atoms with E-state index in [4.69, 9.17) is 18.7 Å². The van der Waals surface area contributed by atoms with Gasteiger partial charge in [0.2, 0.25) is 12.2 Å². The molecular formula is C30H35FN5O11P. The number of nitrogens with zero attached hydrogens (tertiary/aromatic N) is 5. The van der Waals surface area contributed by atoms with Crippen molar-refractivity contribution < 1.29 is 56.5 Å². The molecule has 2 aliphatic heterocycles. The maximum Gasteiger partial charge on any atom is 0.502 e. The Kier molecular flexibility index (Phi) is 11.1. The molecule has 1 N–H and O–H groups in total. The summed E-state index contributed by atoms with van der Waals surface area (Å²) in [5.74, 6) is -1.31. The molecule has 18 heteroatoms. The SMILES string of the molecule is CC(=O)N(C[C@H]1CN(c2ccc(N3Cc4cn(C)nc4C3)c(F)c2)C(=O)O1)C(=O)OC(C)OP(=O)(O)OOCCOCc1ccccc1. The van der Waals surface area contributed by atoms with Gasteiger partial charge < -0.3 is 24.0 Å². The molecule has 2 aliphatic rings. The molecule has 48 heavy (non-hydrogen) atoms. The number of anilines is 2. The van der Waals surface area contributed by atoms with E-state index in [1.807, 2.05) is 48.5 Å². The second kappa shape index (κ2) is 15.2. The molecule has 3 aromatic rings. The zero-order valence-electron chi connectivity index (χ0n) is 26.4. The van der Waals surface area contributed by atoms with Crippen LogP contribution in [0.15, 0.2) is 54.7 Å². The summed E-state index contributed by atoms with van der Waals surface area (Å²) in [5.41, 5.74) is 3.37. The topological polar surface area (TPSA) is 171 Å². The minimum atomic E-state index is -4.85. The van der Waals surface area contributed by atoms with Gasteiger partial charge in [-0.15, -0.1) is 4.67 Å². The average molecular weight is 692 g/mol. The first-order valence-electron chi connectivity index (χ1n) is 14.9. The van der Waals surface area contributed by atoms with Crippen molar-refractivity contribution in [2.24, 2.45) is 7.05 Å². The normalized spacial score (nSPS) is 17.5. The first-order chi connectivity index (χ1) is 22.9. The van der Waals surface area contributed by atoms with Crippen molar-refractivity contribution in [3.8, 4) is 0 Å². The van der Waals surface area contributed by atoms with Crippen molar-refractivity contribution in [2.45, 2.75) is 45.9 Å². The van der Waals surface area contributed by atoms with Crippen LogP contribution in [0.5, 0.6) is 0 Å². The van der Waals surface area contributed by atoms with E-state index in [0.717, 1.165) is 30.7 Å². The van der Waals surface area contributed by atoms with Crippen LogP contribution in [0.3, 0.4) is 0 Å². The molecule has 1 fully saturated rings. The summed E-state index contributed by atoms with van der Waals surface area (Å²) in [6, 6.07) is 13.7. The Hall–Kier alpha value is -4.38. The van der Waals surface area contributed by atoms with Crippen LogP contribution in [-0.4, -0.2) is 76.4 Å². The quantitative estimate of drug-likeness (QED) is 0.0846. The predicted molar refractivity (Wildman–Crippen MR) is 164 cm³/mol. The number of rotatable bonds is 14. The van der Waals surface area contributed by atoms with Gasteiger partial charge in [0.05, 0.1) is 49.9 Å². The lowest BCUT2D eigenvalue weighted by Gasteiger charge is -2.24. The lowest BCUT2D eigenvalue weighted by molar-refractivity contribution is -0.237. The van der Waals surface area contributed by atoms with E-state index < -0.39 is 50.7 Å². The second-order valence-corrected chi connectivity index (χ2v) is 12.3. The van der Waals surface area contributed by atoms with Crippen molar-refractivity contribution >= 4 is 37.3 Å². The van der Waals surface area contributed by atoms with Gasteiger partial charge in [-0.3, -0.25) is 14.4 Å². The van der Waals surface area contributed by atoms with Gasteiger partial charge in [0.25, 0.3) is 0 Å². The Morgan fingerprint density at radius 1 is 1.19 bits per heavy atom. The molecule has 0 spiro atoms. The third-order valence-electron chi connectivity index (χ3n) is 7.26. The van der Waals surface area contributed by atoms with Crippen molar-refractivity contribution in [2.75, 3.05) is 36.1 Å². The Labute approximate surface area is 274 Å². The molecule has 3 heterocycles. The van der Waals surface area contributed by atoms with E-state index in [1.54, 1.807) is 16.8 Å². The zero-order chi connectivity index (χ0) is 34.4. The van der Waals surface area contributed by atoms with Crippen molar-refractivity contribution in [3.05, 3.63) is 77.4 Å². The van der Waals surface area contributed by atoms with Gasteiger partial charge in [-0.2, -0.15) is 5.10 Å². The van der Waals surface area contributed by atoms with Crippen LogP contribution in [0.1, 0.15) is 30.7 Å². The Morgan fingerprint density at radius 2 is 1.96 bits per heavy atom. The number of cyclic esters (lactones) is 1. The van der Waals surface area contributed by atoms with Crippen LogP contribution in [0.4, 0.5) is 25.4 Å². The average Bonchev–Trinajstić information content (AvgIpc) is 3.69. The maximum atomic E-state index is 15.2. The molecule has 16 nitrogen and oxygen atoms in total. The number of carbonyl (C=O) groups is 3. The van der Waals surface area contributed by atoms with Gasteiger partial charge in [0, 0.05) is 32.3 Å². The highest BCUT2D eigenvalue weighted by Gasteiger charge is 2.37. The Balaban J connectivity index is 1.07. The second-order valence-electron chi connectivity index (χ2n) is 11.0. The number of hydrogen-bond donors (Lipinski definition) is 1. The fourth-order valence-electron chi connectivity index (χ4n) is 5.14. The van der Waals surface area contributed by atoms with E-state index >= 15 is 4.39 Å². The van der Waals surface area contributed by atoms with Gasteiger partial charge in [0.15, 0.2) is 0 Å². The summed E-state index contributed by atoms with van der Waals surface area (Å²) in [5, 5.41) is 4.38. The zero-order valence-corrected chi connectivity index (χ0v) is 27.3. The number of aromatic nitrogens is 2. The van der Waals surface area contributed by atoms with E-state index in [1.165, 1.54) is 11.0 Å². The molecule has 0 bridgehead atoms. The number of hydrogen-bond acceptors (Lipinski definition) is 12. The summed E-state index contributed by atoms with van der Waals surface area (Å²) in [4.78, 5) is 56.0. The molecule has 5 rings (SSSR count). The largest absolute Gasteiger partial charge is 0.502 e. The fourth-order valence-corrected chi connectivity index (χ4v) is 5.80. The smallest absolute Gasteiger partial charge is 0.442 e. The molecule has 1 aromatic heterocycles. The molecule has 0 saturated carbocycles. The van der Waals surface area contributed by atoms with E-state index in [0.29, 0.717) is 30.3 Å². The number of phosphoric acid groups is 1. The summed E-state index contributed by atoms with van der Waals surface area (Å²) in [7, 11) is -3.02. The number of fused-ring (bicyclic) bond motifs is 1. The number of imide groups is 1. The third kappa shape index (κ3) is 8.94. The van der Waals surface area contributed by atoms with Crippen molar-refractivity contribution in [3.63, 3.8) is 0 Å². The molecule has 3 amide bonds. The molecule has 2 aromatic carbocycles. The highest BCUT2D eigenvalue weighted by Crippen LogP contribution is 2.45. The summed E-state index contributed by atoms with van der Waals surface area (Å²) in [6.07, 6.45) is -2.80. The molecule has 3 atom stereocenters. The molecule has 0 radical (unpaired) electrons. The molecule has 0 aliphatic carbocycles. The maximum absolute atomic E-state index is 15.2. The first-order valence-corrected chi connectivity index (χ1v) is 16.3. The number of amides is 3. The number of carbonyl (C=O) groups excluding carboxylic acids is 3. The minimum Gasteiger partial charge on any atom is -0.442 e. The fraction of sp³-hybridized carbons (Fsp3) is 0.400. The van der Waals surface area contributed by atoms with Crippen molar-refractivity contribution in [1.82, 2.24) is 14.7 Å². The predicted octanol–water partition coefficient (Wildman–Crippen LogP) is 4.02. The Bertz CT molecular complexity index is 1650. The summed E-state index contributed by atoms with van der Waals surface area (Å²) >= 11 is 0. The number of ether oxygens (including phenoxy) is 3. The lowest BCUT2D eigenvalue weighted by Crippen LogP contribution is -2.43. The molecular weight excluding hydrogens is 656 g/mol. The minimum absolute atomic E-state index is 0.0439. The van der Waals surface area contributed by atoms with E-state index in [-0.39, 0.29) is 25.4 Å². The van der Waals surface area contributed by atoms with Gasteiger partial charge >= 0.3 is 20.0 Å². The van der Waals surface area contributed by atoms with Crippen LogP contribution in [0, 0.1) is 5.82 Å². The number of phosphoric ester groups is 1. The molecule has 1 saturated heterocycles. The summed E-state index contributed by atoms with van der Waals surface area (Å²) in [6.45, 7) is 2.77. The Morgan fingerprint density at radius 3 is 2.67 bits per heavy atom. The van der Waals surface area contributed by atoms with Gasteiger partial charge in [-0.1, -0.05) is 30.3 Å². The number of aryl methyl sites for hydroxylation is 1. The van der Waals surface area contributed by atoms with Gasteiger partial charge in [-0.05, 0) is 30.7 Å². The van der Waals surface area contributed by atoms with Crippen LogP contribution < -0.4 is 9.80 Å². The summed E-state index contributed by atoms with van der Waals surface area (Å²) < 4.78 is 54.0. The van der Waals surface area contributed by atoms with E-state index in [9.17, 15) is 23.8 Å². The lowest BCUT2D eigenvalue weighted by atomic mass is 10.2. The van der Waals surface area contributed by atoms with Gasteiger partial charge in [0.1, 0.15) is 18.5 Å².